The summed E-state index contributed by atoms with van der Waals surface area (Å²) in [5.74, 6) is 0. The zero-order valence-electron chi connectivity index (χ0n) is 4.50. The molecule has 0 aromatic carbocycles. The minimum atomic E-state index is -0.315. The Morgan fingerprint density at radius 1 is 1.75 bits per heavy atom. The van der Waals surface area contributed by atoms with Gasteiger partial charge < -0.3 is 15.2 Å². The van der Waals surface area contributed by atoms with E-state index in [-0.39, 0.29) is 12.1 Å². The van der Waals surface area contributed by atoms with Gasteiger partial charge in [-0.25, -0.2) is 0 Å². The second-order valence-corrected chi connectivity index (χ2v) is 2.04. The Balaban J connectivity index is 2.32. The van der Waals surface area contributed by atoms with Crippen molar-refractivity contribution in [3.05, 3.63) is 0 Å². The molecular formula is C5H9NO2. The van der Waals surface area contributed by atoms with Crippen LogP contribution in [0.25, 0.3) is 0 Å². The summed E-state index contributed by atoms with van der Waals surface area (Å²) >= 11 is 0. The first kappa shape index (κ1) is 5.72. The van der Waals surface area contributed by atoms with Gasteiger partial charge in [0.2, 0.25) is 0 Å². The Bertz CT molecular complexity index is 94.4. The van der Waals surface area contributed by atoms with Crippen molar-refractivity contribution in [1.82, 2.24) is 5.32 Å². The molecule has 1 heterocycles. The van der Waals surface area contributed by atoms with E-state index in [0.717, 1.165) is 6.29 Å². The van der Waals surface area contributed by atoms with E-state index < -0.39 is 0 Å². The average Bonchev–Trinajstić information content (AvgIpc) is 2.14. The maximum absolute atomic E-state index is 9.98. The summed E-state index contributed by atoms with van der Waals surface area (Å²) < 4.78 is 0. The molecule has 1 aliphatic rings. The molecule has 1 saturated heterocycles. The molecule has 46 valence electrons. The van der Waals surface area contributed by atoms with Crippen LogP contribution in [-0.2, 0) is 4.79 Å². The number of aldehydes is 1. The van der Waals surface area contributed by atoms with E-state index in [2.05, 4.69) is 5.32 Å². The van der Waals surface area contributed by atoms with Gasteiger partial charge in [0.15, 0.2) is 0 Å². The van der Waals surface area contributed by atoms with Crippen LogP contribution in [0.2, 0.25) is 0 Å². The molecule has 1 unspecified atom stereocenters. The highest BCUT2D eigenvalue weighted by molar-refractivity contribution is 5.58. The highest BCUT2D eigenvalue weighted by atomic mass is 16.3. The molecule has 1 aliphatic heterocycles. The molecule has 0 aromatic rings. The molecule has 8 heavy (non-hydrogen) atoms. The topological polar surface area (TPSA) is 49.3 Å². The van der Waals surface area contributed by atoms with E-state index >= 15 is 0 Å². The molecule has 0 spiro atoms. The number of hydrogen-bond acceptors (Lipinski definition) is 3. The normalized spacial score (nSPS) is 37.6. The molecule has 2 atom stereocenters. The molecule has 3 heteroatoms. The van der Waals surface area contributed by atoms with Gasteiger partial charge in [-0.05, 0) is 6.42 Å². The predicted molar refractivity (Wildman–Crippen MR) is 28.5 cm³/mol. The highest BCUT2D eigenvalue weighted by Crippen LogP contribution is 2.02. The number of aliphatic hydroxyl groups excluding tert-OH is 1. The molecule has 2 N–H and O–H groups in total. The van der Waals surface area contributed by atoms with Crippen LogP contribution in [0.3, 0.4) is 0 Å². The van der Waals surface area contributed by atoms with Gasteiger partial charge in [-0.1, -0.05) is 0 Å². The van der Waals surface area contributed by atoms with Crippen LogP contribution in [0, 0.1) is 0 Å². The quantitative estimate of drug-likeness (QED) is 0.427. The SMILES string of the molecule is O=C[C@@H]1CC(O)CN1. The van der Waals surface area contributed by atoms with E-state index in [0.29, 0.717) is 13.0 Å². The van der Waals surface area contributed by atoms with Crippen molar-refractivity contribution in [2.24, 2.45) is 0 Å². The van der Waals surface area contributed by atoms with Crippen LogP contribution in [0.15, 0.2) is 0 Å². The number of hydrogen-bond donors (Lipinski definition) is 2. The lowest BCUT2D eigenvalue weighted by Gasteiger charge is -1.94. The van der Waals surface area contributed by atoms with Crippen LogP contribution < -0.4 is 5.32 Å². The van der Waals surface area contributed by atoms with Gasteiger partial charge in [-0.15, -0.1) is 0 Å². The number of carbonyl (C=O) groups excluding carboxylic acids is 1. The molecule has 0 radical (unpaired) electrons. The summed E-state index contributed by atoms with van der Waals surface area (Å²) in [4.78, 5) is 9.98. The van der Waals surface area contributed by atoms with Crippen molar-refractivity contribution < 1.29 is 9.90 Å². The van der Waals surface area contributed by atoms with Crippen molar-refractivity contribution in [2.45, 2.75) is 18.6 Å². The standard InChI is InChI=1S/C5H9NO2/c7-3-4-1-5(8)2-6-4/h3-6,8H,1-2H2/t4-,5?/m0/s1. The van der Waals surface area contributed by atoms with Gasteiger partial charge in [0, 0.05) is 6.54 Å². The summed E-state index contributed by atoms with van der Waals surface area (Å²) in [6, 6.07) is -0.106. The first-order valence-corrected chi connectivity index (χ1v) is 2.69. The van der Waals surface area contributed by atoms with Crippen molar-refractivity contribution in [3.8, 4) is 0 Å². The summed E-state index contributed by atoms with van der Waals surface area (Å²) in [7, 11) is 0. The lowest BCUT2D eigenvalue weighted by Crippen LogP contribution is -2.22. The fourth-order valence-electron chi connectivity index (χ4n) is 0.851. The largest absolute Gasteiger partial charge is 0.392 e. The van der Waals surface area contributed by atoms with E-state index in [1.54, 1.807) is 0 Å². The van der Waals surface area contributed by atoms with Gasteiger partial charge in [0.25, 0.3) is 0 Å². The number of carbonyl (C=O) groups is 1. The summed E-state index contributed by atoms with van der Waals surface area (Å²) in [5, 5.41) is 11.6. The van der Waals surface area contributed by atoms with Crippen LogP contribution in [-0.4, -0.2) is 30.1 Å². The Hall–Kier alpha value is -0.410. The first-order chi connectivity index (χ1) is 3.83. The predicted octanol–water partition coefficient (Wildman–Crippen LogP) is -1.09. The monoisotopic (exact) mass is 115 g/mol. The van der Waals surface area contributed by atoms with Crippen LogP contribution in [0.5, 0.6) is 0 Å². The maximum atomic E-state index is 9.98. The van der Waals surface area contributed by atoms with Gasteiger partial charge >= 0.3 is 0 Å². The van der Waals surface area contributed by atoms with Crippen molar-refractivity contribution in [3.63, 3.8) is 0 Å². The van der Waals surface area contributed by atoms with Gasteiger partial charge in [0.05, 0.1) is 12.1 Å². The number of nitrogens with one attached hydrogen (secondary N) is 1. The third-order valence-electron chi connectivity index (χ3n) is 1.31. The Morgan fingerprint density at radius 2 is 2.50 bits per heavy atom. The molecular weight excluding hydrogens is 106 g/mol. The molecule has 3 nitrogen and oxygen atoms in total. The lowest BCUT2D eigenvalue weighted by molar-refractivity contribution is -0.109. The zero-order chi connectivity index (χ0) is 5.98. The molecule has 0 amide bonds. The van der Waals surface area contributed by atoms with Gasteiger partial charge in [-0.2, -0.15) is 0 Å². The molecule has 1 fully saturated rings. The van der Waals surface area contributed by atoms with E-state index in [9.17, 15) is 4.79 Å². The molecule has 1 rings (SSSR count). The first-order valence-electron chi connectivity index (χ1n) is 2.69. The van der Waals surface area contributed by atoms with Crippen molar-refractivity contribution >= 4 is 6.29 Å². The smallest absolute Gasteiger partial charge is 0.136 e. The summed E-state index contributed by atoms with van der Waals surface area (Å²) in [6.45, 7) is 0.559. The Morgan fingerprint density at radius 3 is 2.75 bits per heavy atom. The molecule has 0 aliphatic carbocycles. The van der Waals surface area contributed by atoms with Crippen LogP contribution in [0.1, 0.15) is 6.42 Å². The van der Waals surface area contributed by atoms with E-state index in [1.165, 1.54) is 0 Å². The fraction of sp³-hybridized carbons (Fsp3) is 0.800. The Kier molecular flexibility index (Phi) is 1.60. The van der Waals surface area contributed by atoms with Crippen molar-refractivity contribution in [1.29, 1.82) is 0 Å². The second-order valence-electron chi connectivity index (χ2n) is 2.04. The fourth-order valence-corrected chi connectivity index (χ4v) is 0.851. The Labute approximate surface area is 47.7 Å². The maximum Gasteiger partial charge on any atom is 0.136 e. The molecule has 0 bridgehead atoms. The minimum Gasteiger partial charge on any atom is -0.392 e. The number of aliphatic hydroxyl groups is 1. The van der Waals surface area contributed by atoms with E-state index in [4.69, 9.17) is 5.11 Å². The van der Waals surface area contributed by atoms with Gasteiger partial charge in [0.1, 0.15) is 6.29 Å². The summed E-state index contributed by atoms with van der Waals surface area (Å²) in [6.07, 6.45) is 1.09. The molecule has 0 aromatic heterocycles. The van der Waals surface area contributed by atoms with Crippen molar-refractivity contribution in [2.75, 3.05) is 6.54 Å². The third-order valence-corrected chi connectivity index (χ3v) is 1.31. The van der Waals surface area contributed by atoms with E-state index in [1.807, 2.05) is 0 Å². The zero-order valence-corrected chi connectivity index (χ0v) is 4.50. The third kappa shape index (κ3) is 1.05. The summed E-state index contributed by atoms with van der Waals surface area (Å²) in [5.41, 5.74) is 0. The number of β-amino-alcohol motifs (C(OH)–C–C–N with tert-alkyl or cyclic N) is 1. The van der Waals surface area contributed by atoms with Crippen LogP contribution >= 0.6 is 0 Å². The second kappa shape index (κ2) is 2.24. The molecule has 0 saturated carbocycles. The lowest BCUT2D eigenvalue weighted by atomic mass is 10.2. The number of rotatable bonds is 1. The van der Waals surface area contributed by atoms with Crippen LogP contribution in [0.4, 0.5) is 0 Å². The average molecular weight is 115 g/mol. The van der Waals surface area contributed by atoms with Gasteiger partial charge in [-0.3, -0.25) is 0 Å². The minimum absolute atomic E-state index is 0.106. The highest BCUT2D eigenvalue weighted by Gasteiger charge is 2.20.